The predicted octanol–water partition coefficient (Wildman–Crippen LogP) is 3.80. The number of carbonyl (C=O) groups is 2. The van der Waals surface area contributed by atoms with Crippen molar-refractivity contribution in [3.63, 3.8) is 0 Å². The predicted molar refractivity (Wildman–Crippen MR) is 162 cm³/mol. The molecule has 2 aliphatic heterocycles. The minimum Gasteiger partial charge on any atom is -0.383 e. The molecule has 2 bridgehead atoms. The highest BCUT2D eigenvalue weighted by atomic mass is 16.2. The molecule has 2 fully saturated rings. The van der Waals surface area contributed by atoms with Crippen LogP contribution >= 0.6 is 0 Å². The fourth-order valence-corrected chi connectivity index (χ4v) is 7.09. The third-order valence-corrected chi connectivity index (χ3v) is 9.03. The number of benzene rings is 1. The third-order valence-electron chi connectivity index (χ3n) is 9.03. The summed E-state index contributed by atoms with van der Waals surface area (Å²) in [5, 5.41) is 17.7. The van der Waals surface area contributed by atoms with Crippen molar-refractivity contribution in [3.8, 4) is 22.4 Å². The quantitative estimate of drug-likeness (QED) is 0.285. The second kappa shape index (κ2) is 9.79. The Labute approximate surface area is 251 Å². The zero-order chi connectivity index (χ0) is 30.1. The summed E-state index contributed by atoms with van der Waals surface area (Å²) in [6.07, 6.45) is 10.1. The number of H-pyrrole nitrogens is 1. The second-order valence-corrected chi connectivity index (χ2v) is 11.7. The molecule has 3 N–H and O–H groups in total. The van der Waals surface area contributed by atoms with Gasteiger partial charge in [0, 0.05) is 59.5 Å². The van der Waals surface area contributed by atoms with E-state index in [1.807, 2.05) is 48.6 Å². The number of carbonyl (C=O) groups excluding carboxylic acids is 2. The van der Waals surface area contributed by atoms with Gasteiger partial charge >= 0.3 is 0 Å². The summed E-state index contributed by atoms with van der Waals surface area (Å²) in [7, 11) is 1.91. The van der Waals surface area contributed by atoms with Gasteiger partial charge in [0.05, 0.1) is 28.7 Å². The molecule has 1 aromatic carbocycles. The Morgan fingerprint density at radius 1 is 1.05 bits per heavy atom. The molecule has 1 amide bonds. The van der Waals surface area contributed by atoms with E-state index in [0.717, 1.165) is 46.1 Å². The maximum Gasteiger partial charge on any atom is 0.292 e. The molecular formula is C31H29N11O2. The molecule has 5 aromatic heterocycles. The zero-order valence-corrected chi connectivity index (χ0v) is 24.2. The molecule has 0 saturated carbocycles. The van der Waals surface area contributed by atoms with Crippen LogP contribution in [0.2, 0.25) is 0 Å². The Bertz CT molecular complexity index is 2060. The van der Waals surface area contributed by atoms with E-state index in [0.29, 0.717) is 29.7 Å². The number of fused-ring (bicyclic) bond motifs is 4. The van der Waals surface area contributed by atoms with Gasteiger partial charge in [-0.25, -0.2) is 4.98 Å². The average Bonchev–Trinajstić information content (AvgIpc) is 3.81. The van der Waals surface area contributed by atoms with Crippen LogP contribution in [0.3, 0.4) is 0 Å². The maximum absolute atomic E-state index is 13.2. The Hall–Kier alpha value is -5.46. The van der Waals surface area contributed by atoms with Gasteiger partial charge in [0.25, 0.3) is 5.91 Å². The number of ketones is 1. The van der Waals surface area contributed by atoms with Gasteiger partial charge in [-0.3, -0.25) is 19.3 Å². The van der Waals surface area contributed by atoms with E-state index in [1.54, 1.807) is 10.9 Å². The van der Waals surface area contributed by atoms with Gasteiger partial charge in [0.1, 0.15) is 12.1 Å². The van der Waals surface area contributed by atoms with E-state index in [2.05, 4.69) is 31.4 Å². The molecule has 0 unspecified atom stereocenters. The normalized spacial score (nSPS) is 19.7. The summed E-state index contributed by atoms with van der Waals surface area (Å²) in [5.74, 6) is 0.175. The Balaban J connectivity index is 1.14. The van der Waals surface area contributed by atoms with Crippen LogP contribution in [0.5, 0.6) is 0 Å². The van der Waals surface area contributed by atoms with Crippen molar-refractivity contribution in [2.45, 2.75) is 50.6 Å². The number of aromatic nitrogens is 9. The van der Waals surface area contributed by atoms with Crippen LogP contribution in [0.1, 0.15) is 65.2 Å². The van der Waals surface area contributed by atoms with E-state index in [1.165, 1.54) is 17.8 Å². The Kier molecular flexibility index (Phi) is 5.83. The fourth-order valence-electron chi connectivity index (χ4n) is 7.09. The minimum atomic E-state index is -0.159. The van der Waals surface area contributed by atoms with Crippen LogP contribution in [0.15, 0.2) is 55.2 Å². The molecule has 13 nitrogen and oxygen atoms in total. The maximum atomic E-state index is 13.2. The number of aromatic amines is 1. The van der Waals surface area contributed by atoms with Gasteiger partial charge in [-0.1, -0.05) is 12.1 Å². The smallest absolute Gasteiger partial charge is 0.292 e. The highest BCUT2D eigenvalue weighted by Crippen LogP contribution is 2.45. The van der Waals surface area contributed by atoms with Crippen LogP contribution in [-0.4, -0.2) is 73.2 Å². The van der Waals surface area contributed by atoms with Crippen molar-refractivity contribution >= 4 is 34.1 Å². The summed E-state index contributed by atoms with van der Waals surface area (Å²) >= 11 is 0. The summed E-state index contributed by atoms with van der Waals surface area (Å²) in [6, 6.07) is 10.1. The molecule has 2 saturated heterocycles. The molecular weight excluding hydrogens is 558 g/mol. The standard InChI is InChI=1S/C31H29N11O2/c1-16(43)26-27(19-10-21-5-6-22(11-19)41(21)31(44)29-34-15-35-38-29)37-30-23(13-36-42(30)28(26)32)18-4-7-24(33-12-18)17-3-8-25-20(9-17)14-40(2)39-25/h3-4,7-9,12-15,19,21-22H,5-6,10-11,32H2,1-2H3,(H,34,35,38)/t19-,21+,22-. The first-order valence-electron chi connectivity index (χ1n) is 14.6. The lowest BCUT2D eigenvalue weighted by Gasteiger charge is -2.38. The highest BCUT2D eigenvalue weighted by Gasteiger charge is 2.45. The van der Waals surface area contributed by atoms with Crippen LogP contribution < -0.4 is 5.73 Å². The molecule has 0 aliphatic carbocycles. The molecule has 6 aromatic rings. The number of anilines is 1. The van der Waals surface area contributed by atoms with Gasteiger partial charge in [-0.15, -0.1) is 10.2 Å². The summed E-state index contributed by atoms with van der Waals surface area (Å²) < 4.78 is 3.34. The van der Waals surface area contributed by atoms with E-state index < -0.39 is 0 Å². The lowest BCUT2D eigenvalue weighted by molar-refractivity contribution is 0.0556. The molecule has 13 heteroatoms. The topological polar surface area (TPSA) is 166 Å². The number of hydrogen-bond donors (Lipinski definition) is 2. The molecule has 3 atom stereocenters. The molecule has 44 heavy (non-hydrogen) atoms. The number of aryl methyl sites for hydroxylation is 1. The number of piperidine rings is 1. The Morgan fingerprint density at radius 2 is 1.84 bits per heavy atom. The number of nitrogens with one attached hydrogen (secondary N) is 1. The second-order valence-electron chi connectivity index (χ2n) is 11.7. The minimum absolute atomic E-state index is 0.0161. The largest absolute Gasteiger partial charge is 0.383 e. The van der Waals surface area contributed by atoms with E-state index in [4.69, 9.17) is 15.7 Å². The number of pyridine rings is 1. The Morgan fingerprint density at radius 3 is 2.55 bits per heavy atom. The summed E-state index contributed by atoms with van der Waals surface area (Å²) in [5.41, 5.74) is 12.6. The number of nitrogen functional groups attached to an aromatic ring is 1. The first kappa shape index (κ1) is 26.2. The number of Topliss-reactive ketones (excluding diaryl/α,β-unsaturated/α-hetero) is 1. The number of nitrogens with zero attached hydrogens (tertiary/aromatic N) is 9. The van der Waals surface area contributed by atoms with Crippen molar-refractivity contribution in [2.24, 2.45) is 7.05 Å². The van der Waals surface area contributed by atoms with Gasteiger partial charge < -0.3 is 15.6 Å². The van der Waals surface area contributed by atoms with Crippen LogP contribution in [0.4, 0.5) is 5.82 Å². The van der Waals surface area contributed by atoms with E-state index in [-0.39, 0.29) is 41.3 Å². The third kappa shape index (κ3) is 4.07. The van der Waals surface area contributed by atoms with Gasteiger partial charge in [0.2, 0.25) is 5.82 Å². The van der Waals surface area contributed by atoms with Crippen molar-refractivity contribution in [1.82, 2.24) is 49.4 Å². The number of rotatable bonds is 5. The molecule has 7 heterocycles. The lowest BCUT2D eigenvalue weighted by Crippen LogP contribution is -2.46. The van der Waals surface area contributed by atoms with Crippen molar-refractivity contribution in [1.29, 1.82) is 0 Å². The van der Waals surface area contributed by atoms with Crippen molar-refractivity contribution in [2.75, 3.05) is 5.73 Å². The van der Waals surface area contributed by atoms with Crippen LogP contribution in [0.25, 0.3) is 38.9 Å². The fraction of sp³-hybridized carbons (Fsp3) is 0.290. The monoisotopic (exact) mass is 587 g/mol. The van der Waals surface area contributed by atoms with Crippen LogP contribution in [0, 0.1) is 0 Å². The lowest BCUT2D eigenvalue weighted by atomic mass is 9.85. The zero-order valence-electron chi connectivity index (χ0n) is 24.2. The average molecular weight is 588 g/mol. The van der Waals surface area contributed by atoms with E-state index >= 15 is 0 Å². The SMILES string of the molecule is CC(=O)c1c([C@H]2C[C@H]3CC[C@@H](C2)N3C(=O)c2nnc[nH]2)nc2c(-c3ccc(-c4ccc5nn(C)cc5c4)nc3)cnn2c1N. The number of amides is 1. The van der Waals surface area contributed by atoms with E-state index in [9.17, 15) is 9.59 Å². The molecule has 0 spiro atoms. The van der Waals surface area contributed by atoms with Crippen molar-refractivity contribution < 1.29 is 9.59 Å². The van der Waals surface area contributed by atoms with Gasteiger partial charge in [0.15, 0.2) is 11.4 Å². The highest BCUT2D eigenvalue weighted by molar-refractivity contribution is 6.00. The summed E-state index contributed by atoms with van der Waals surface area (Å²) in [6.45, 7) is 1.51. The van der Waals surface area contributed by atoms with Gasteiger partial charge in [-0.05, 0) is 50.8 Å². The van der Waals surface area contributed by atoms with Gasteiger partial charge in [-0.2, -0.15) is 14.7 Å². The first-order valence-corrected chi connectivity index (χ1v) is 14.6. The van der Waals surface area contributed by atoms with Crippen LogP contribution in [-0.2, 0) is 7.05 Å². The first-order chi connectivity index (χ1) is 21.4. The summed E-state index contributed by atoms with van der Waals surface area (Å²) in [4.78, 5) is 40.7. The number of hydrogen-bond acceptors (Lipinski definition) is 9. The molecule has 220 valence electrons. The number of nitrogens with two attached hydrogens (primary N) is 1. The molecule has 2 aliphatic rings. The van der Waals surface area contributed by atoms with Crippen molar-refractivity contribution in [3.05, 3.63) is 72.3 Å². The molecule has 8 rings (SSSR count). The molecule has 0 radical (unpaired) electrons.